The monoisotopic (exact) mass is 245 g/mol. The van der Waals surface area contributed by atoms with Crippen LogP contribution in [0.4, 0.5) is 0 Å². The second-order valence-electron chi connectivity index (χ2n) is 4.63. The summed E-state index contributed by atoms with van der Waals surface area (Å²) in [5.41, 5.74) is 1.47. The van der Waals surface area contributed by atoms with E-state index in [4.69, 9.17) is 4.42 Å². The van der Waals surface area contributed by atoms with E-state index >= 15 is 0 Å². The van der Waals surface area contributed by atoms with E-state index in [9.17, 15) is 4.79 Å². The van der Waals surface area contributed by atoms with Crippen LogP contribution in [0.3, 0.4) is 0 Å². The standard InChI is InChI=1S/C13H15N3O2/c1-8-11(4-5-18-8)13-15-10(6-12(17)16-13)7-14-9-2-3-9/h4-6,9,14H,2-3,7H2,1H3,(H,15,16,17). The van der Waals surface area contributed by atoms with Crippen molar-refractivity contribution < 1.29 is 4.42 Å². The zero-order valence-electron chi connectivity index (χ0n) is 10.2. The van der Waals surface area contributed by atoms with Crippen molar-refractivity contribution in [1.82, 2.24) is 15.3 Å². The summed E-state index contributed by atoms with van der Waals surface area (Å²) in [6.07, 6.45) is 4.04. The van der Waals surface area contributed by atoms with Crippen molar-refractivity contribution in [3.63, 3.8) is 0 Å². The van der Waals surface area contributed by atoms with Crippen LogP contribution in [-0.2, 0) is 6.54 Å². The highest BCUT2D eigenvalue weighted by molar-refractivity contribution is 5.56. The first-order chi connectivity index (χ1) is 8.72. The number of aryl methyl sites for hydroxylation is 1. The number of rotatable bonds is 4. The minimum atomic E-state index is -0.131. The molecule has 2 aromatic heterocycles. The number of H-pyrrole nitrogens is 1. The smallest absolute Gasteiger partial charge is 0.251 e. The van der Waals surface area contributed by atoms with Crippen molar-refractivity contribution in [2.45, 2.75) is 32.4 Å². The number of nitrogens with one attached hydrogen (secondary N) is 2. The fourth-order valence-electron chi connectivity index (χ4n) is 1.89. The molecule has 5 heteroatoms. The maximum atomic E-state index is 11.6. The molecule has 1 saturated carbocycles. The molecule has 0 unspecified atom stereocenters. The summed E-state index contributed by atoms with van der Waals surface area (Å²) in [6.45, 7) is 2.49. The molecule has 2 heterocycles. The zero-order valence-corrected chi connectivity index (χ0v) is 10.2. The van der Waals surface area contributed by atoms with Crippen LogP contribution in [0, 0.1) is 6.92 Å². The second kappa shape index (κ2) is 4.42. The third-order valence-corrected chi connectivity index (χ3v) is 3.06. The van der Waals surface area contributed by atoms with Gasteiger partial charge in [0.1, 0.15) is 11.6 Å². The van der Waals surface area contributed by atoms with Crippen LogP contribution in [0.15, 0.2) is 27.6 Å². The summed E-state index contributed by atoms with van der Waals surface area (Å²) in [7, 11) is 0. The molecule has 0 spiro atoms. The van der Waals surface area contributed by atoms with Gasteiger partial charge in [-0.05, 0) is 25.8 Å². The van der Waals surface area contributed by atoms with E-state index in [1.165, 1.54) is 18.9 Å². The van der Waals surface area contributed by atoms with Crippen LogP contribution in [0.1, 0.15) is 24.3 Å². The normalized spacial score (nSPS) is 14.9. The van der Waals surface area contributed by atoms with Crippen molar-refractivity contribution >= 4 is 0 Å². The van der Waals surface area contributed by atoms with Gasteiger partial charge in [-0.25, -0.2) is 4.98 Å². The summed E-state index contributed by atoms with van der Waals surface area (Å²) in [5, 5.41) is 3.35. The Balaban J connectivity index is 1.89. The predicted molar refractivity (Wildman–Crippen MR) is 67.2 cm³/mol. The number of nitrogens with zero attached hydrogens (tertiary/aromatic N) is 1. The van der Waals surface area contributed by atoms with Gasteiger partial charge in [-0.2, -0.15) is 0 Å². The van der Waals surface area contributed by atoms with Crippen molar-refractivity contribution in [2.75, 3.05) is 0 Å². The molecule has 2 aromatic rings. The molecule has 0 amide bonds. The topological polar surface area (TPSA) is 70.9 Å². The molecular formula is C13H15N3O2. The maximum Gasteiger partial charge on any atom is 0.251 e. The molecule has 0 saturated heterocycles. The molecule has 1 aliphatic rings. The molecule has 94 valence electrons. The average Bonchev–Trinajstić information content (AvgIpc) is 3.07. The summed E-state index contributed by atoms with van der Waals surface area (Å²) < 4.78 is 5.23. The van der Waals surface area contributed by atoms with Gasteiger partial charge in [0.25, 0.3) is 5.56 Å². The Bertz CT molecular complexity index is 611. The Morgan fingerprint density at radius 3 is 3.06 bits per heavy atom. The number of aromatic nitrogens is 2. The maximum absolute atomic E-state index is 11.6. The minimum Gasteiger partial charge on any atom is -0.469 e. The molecule has 5 nitrogen and oxygen atoms in total. The molecule has 0 atom stereocenters. The number of hydrogen-bond acceptors (Lipinski definition) is 4. The van der Waals surface area contributed by atoms with E-state index in [1.807, 2.05) is 13.0 Å². The molecule has 1 aliphatic carbocycles. The number of hydrogen-bond donors (Lipinski definition) is 2. The summed E-state index contributed by atoms with van der Waals surface area (Å²) in [5.74, 6) is 1.33. The van der Waals surface area contributed by atoms with Gasteiger partial charge in [-0.3, -0.25) is 4.79 Å². The first-order valence-corrected chi connectivity index (χ1v) is 6.10. The molecule has 1 fully saturated rings. The van der Waals surface area contributed by atoms with E-state index in [-0.39, 0.29) is 5.56 Å². The first-order valence-electron chi connectivity index (χ1n) is 6.10. The lowest BCUT2D eigenvalue weighted by molar-refractivity contribution is 0.535. The van der Waals surface area contributed by atoms with Gasteiger partial charge in [0.2, 0.25) is 0 Å². The summed E-state index contributed by atoms with van der Waals surface area (Å²) >= 11 is 0. The van der Waals surface area contributed by atoms with Gasteiger partial charge in [0.15, 0.2) is 0 Å². The lowest BCUT2D eigenvalue weighted by atomic mass is 10.2. The summed E-state index contributed by atoms with van der Waals surface area (Å²) in [4.78, 5) is 18.8. The SMILES string of the molecule is Cc1occc1-c1nc(CNC2CC2)cc(=O)[nH]1. The quantitative estimate of drug-likeness (QED) is 0.858. The van der Waals surface area contributed by atoms with Crippen molar-refractivity contribution in [1.29, 1.82) is 0 Å². The molecule has 0 aliphatic heterocycles. The lowest BCUT2D eigenvalue weighted by Gasteiger charge is -2.04. The molecule has 0 bridgehead atoms. The van der Waals surface area contributed by atoms with Crippen LogP contribution < -0.4 is 10.9 Å². The third kappa shape index (κ3) is 2.36. The molecule has 2 N–H and O–H groups in total. The Morgan fingerprint density at radius 2 is 2.39 bits per heavy atom. The summed E-state index contributed by atoms with van der Waals surface area (Å²) in [6, 6.07) is 3.95. The second-order valence-corrected chi connectivity index (χ2v) is 4.63. The van der Waals surface area contributed by atoms with Crippen LogP contribution in [0.5, 0.6) is 0 Å². The first kappa shape index (κ1) is 11.2. The van der Waals surface area contributed by atoms with E-state index in [2.05, 4.69) is 15.3 Å². The van der Waals surface area contributed by atoms with E-state index in [0.717, 1.165) is 17.0 Å². The van der Waals surface area contributed by atoms with Crippen molar-refractivity contribution in [2.24, 2.45) is 0 Å². The van der Waals surface area contributed by atoms with Gasteiger partial charge < -0.3 is 14.7 Å². The van der Waals surface area contributed by atoms with Gasteiger partial charge >= 0.3 is 0 Å². The zero-order chi connectivity index (χ0) is 12.5. The highest BCUT2D eigenvalue weighted by Crippen LogP contribution is 2.21. The molecule has 18 heavy (non-hydrogen) atoms. The van der Waals surface area contributed by atoms with E-state index in [1.54, 1.807) is 6.26 Å². The molecular weight excluding hydrogens is 230 g/mol. The Kier molecular flexibility index (Phi) is 2.76. The Morgan fingerprint density at radius 1 is 1.56 bits per heavy atom. The molecule has 3 rings (SSSR count). The van der Waals surface area contributed by atoms with Crippen molar-refractivity contribution in [3.8, 4) is 11.4 Å². The molecule has 0 aromatic carbocycles. The van der Waals surface area contributed by atoms with Crippen molar-refractivity contribution in [3.05, 3.63) is 40.2 Å². The third-order valence-electron chi connectivity index (χ3n) is 3.06. The van der Waals surface area contributed by atoms with Gasteiger partial charge in [-0.15, -0.1) is 0 Å². The average molecular weight is 245 g/mol. The van der Waals surface area contributed by atoms with Crippen LogP contribution in [0.2, 0.25) is 0 Å². The Labute approximate surface area is 104 Å². The van der Waals surface area contributed by atoms with E-state index in [0.29, 0.717) is 18.4 Å². The number of aromatic amines is 1. The predicted octanol–water partition coefficient (Wildman–Crippen LogP) is 1.59. The lowest BCUT2D eigenvalue weighted by Crippen LogP contribution is -2.19. The van der Waals surface area contributed by atoms with Gasteiger partial charge in [0.05, 0.1) is 17.5 Å². The highest BCUT2D eigenvalue weighted by atomic mass is 16.3. The Hall–Kier alpha value is -1.88. The molecule has 0 radical (unpaired) electrons. The highest BCUT2D eigenvalue weighted by Gasteiger charge is 2.20. The fourth-order valence-corrected chi connectivity index (χ4v) is 1.89. The number of furan rings is 1. The van der Waals surface area contributed by atoms with E-state index < -0.39 is 0 Å². The largest absolute Gasteiger partial charge is 0.469 e. The minimum absolute atomic E-state index is 0.131. The van der Waals surface area contributed by atoms with Gasteiger partial charge in [-0.1, -0.05) is 0 Å². The van der Waals surface area contributed by atoms with Gasteiger partial charge in [0, 0.05) is 18.7 Å². The van der Waals surface area contributed by atoms with Crippen LogP contribution >= 0.6 is 0 Å². The fraction of sp³-hybridized carbons (Fsp3) is 0.385. The van der Waals surface area contributed by atoms with Crippen LogP contribution in [-0.4, -0.2) is 16.0 Å². The van der Waals surface area contributed by atoms with Crippen LogP contribution in [0.25, 0.3) is 11.4 Å².